The van der Waals surface area contributed by atoms with Crippen molar-refractivity contribution in [2.75, 3.05) is 0 Å². The average Bonchev–Trinajstić information content (AvgIpc) is 2.13. The van der Waals surface area contributed by atoms with E-state index in [0.29, 0.717) is 6.54 Å². The van der Waals surface area contributed by atoms with E-state index >= 15 is 0 Å². The van der Waals surface area contributed by atoms with Crippen LogP contribution < -0.4 is 5.32 Å². The van der Waals surface area contributed by atoms with Crippen molar-refractivity contribution in [3.8, 4) is 0 Å². The zero-order chi connectivity index (χ0) is 13.1. The van der Waals surface area contributed by atoms with E-state index in [1.54, 1.807) is 0 Å². The van der Waals surface area contributed by atoms with Crippen LogP contribution in [0.25, 0.3) is 0 Å². The van der Waals surface area contributed by atoms with Gasteiger partial charge in [0.1, 0.15) is 5.60 Å². The zero-order valence-electron chi connectivity index (χ0n) is 10.6. The molecule has 1 amide bonds. The molecule has 0 aromatic heterocycles. The smallest absolute Gasteiger partial charge is 0.407 e. The lowest BCUT2D eigenvalue weighted by Crippen LogP contribution is -2.32. The van der Waals surface area contributed by atoms with Crippen LogP contribution in [0.1, 0.15) is 31.9 Å². The maximum atomic E-state index is 11.5. The topological polar surface area (TPSA) is 38.3 Å². The Morgan fingerprint density at radius 3 is 2.59 bits per heavy atom. The highest BCUT2D eigenvalue weighted by molar-refractivity contribution is 9.10. The van der Waals surface area contributed by atoms with Crippen molar-refractivity contribution in [3.05, 3.63) is 33.8 Å². The molecule has 17 heavy (non-hydrogen) atoms. The molecule has 94 valence electrons. The van der Waals surface area contributed by atoms with Crippen LogP contribution in [-0.4, -0.2) is 11.7 Å². The van der Waals surface area contributed by atoms with Crippen LogP contribution in [0.15, 0.2) is 22.7 Å². The maximum Gasteiger partial charge on any atom is 0.407 e. The molecule has 0 unspecified atom stereocenters. The minimum atomic E-state index is -0.459. The minimum absolute atomic E-state index is 0.389. The van der Waals surface area contributed by atoms with E-state index in [4.69, 9.17) is 4.74 Å². The van der Waals surface area contributed by atoms with Crippen molar-refractivity contribution in [2.45, 2.75) is 39.8 Å². The van der Waals surface area contributed by atoms with Crippen LogP contribution in [-0.2, 0) is 11.3 Å². The summed E-state index contributed by atoms with van der Waals surface area (Å²) >= 11 is 3.40. The molecule has 3 nitrogen and oxygen atoms in total. The predicted molar refractivity (Wildman–Crippen MR) is 72.0 cm³/mol. The first kappa shape index (κ1) is 14.0. The summed E-state index contributed by atoms with van der Waals surface area (Å²) in [5.41, 5.74) is 1.76. The largest absolute Gasteiger partial charge is 0.444 e. The molecule has 1 rings (SSSR count). The second kappa shape index (κ2) is 5.54. The summed E-state index contributed by atoms with van der Waals surface area (Å²) in [6, 6.07) is 5.96. The Labute approximate surface area is 111 Å². The molecule has 0 spiro atoms. The molecule has 0 bridgehead atoms. The monoisotopic (exact) mass is 299 g/mol. The second-order valence-electron chi connectivity index (χ2n) is 4.93. The molecule has 0 atom stereocenters. The van der Waals surface area contributed by atoms with E-state index in [1.807, 2.05) is 45.9 Å². The molecule has 0 saturated heterocycles. The molecule has 1 N–H and O–H groups in total. The summed E-state index contributed by atoms with van der Waals surface area (Å²) in [5, 5.41) is 2.74. The van der Waals surface area contributed by atoms with Gasteiger partial charge in [0.15, 0.2) is 0 Å². The number of carbonyl (C=O) groups is 1. The Hall–Kier alpha value is -1.03. The number of hydrogen-bond acceptors (Lipinski definition) is 2. The lowest BCUT2D eigenvalue weighted by molar-refractivity contribution is 0.0523. The van der Waals surface area contributed by atoms with Crippen LogP contribution in [0, 0.1) is 6.92 Å². The standard InChI is InChI=1S/C13H18BrNO2/c1-9-7-11(14)6-5-10(9)8-15-12(16)17-13(2,3)4/h5-7H,8H2,1-4H3,(H,15,16). The number of nitrogens with one attached hydrogen (secondary N) is 1. The lowest BCUT2D eigenvalue weighted by atomic mass is 10.1. The molecule has 1 aromatic rings. The molecule has 1 aromatic carbocycles. The van der Waals surface area contributed by atoms with E-state index < -0.39 is 5.60 Å². The van der Waals surface area contributed by atoms with Gasteiger partial charge in [0.25, 0.3) is 0 Å². The van der Waals surface area contributed by atoms with E-state index in [-0.39, 0.29) is 6.09 Å². The lowest BCUT2D eigenvalue weighted by Gasteiger charge is -2.19. The van der Waals surface area contributed by atoms with Crippen molar-refractivity contribution >= 4 is 22.0 Å². The van der Waals surface area contributed by atoms with Crippen LogP contribution in [0.4, 0.5) is 4.79 Å². The molecule has 0 heterocycles. The van der Waals surface area contributed by atoms with E-state index in [1.165, 1.54) is 0 Å². The molecule has 0 aliphatic heterocycles. The highest BCUT2D eigenvalue weighted by Gasteiger charge is 2.15. The number of benzene rings is 1. The average molecular weight is 300 g/mol. The fourth-order valence-corrected chi connectivity index (χ4v) is 1.81. The van der Waals surface area contributed by atoms with Gasteiger partial charge in [-0.15, -0.1) is 0 Å². The molecule has 4 heteroatoms. The third-order valence-corrected chi connectivity index (χ3v) is 2.62. The Morgan fingerprint density at radius 1 is 1.41 bits per heavy atom. The van der Waals surface area contributed by atoms with Gasteiger partial charge in [-0.3, -0.25) is 0 Å². The van der Waals surface area contributed by atoms with Gasteiger partial charge in [0.2, 0.25) is 0 Å². The number of rotatable bonds is 2. The first-order valence-corrected chi connectivity index (χ1v) is 6.29. The quantitative estimate of drug-likeness (QED) is 0.902. The van der Waals surface area contributed by atoms with Crippen LogP contribution in [0.3, 0.4) is 0 Å². The third kappa shape index (κ3) is 5.22. The number of halogens is 1. The Kier molecular flexibility index (Phi) is 4.57. The van der Waals surface area contributed by atoms with Gasteiger partial charge in [0.05, 0.1) is 0 Å². The Balaban J connectivity index is 2.53. The highest BCUT2D eigenvalue weighted by atomic mass is 79.9. The number of ether oxygens (including phenoxy) is 1. The predicted octanol–water partition coefficient (Wildman–Crippen LogP) is 3.78. The van der Waals surface area contributed by atoms with Crippen molar-refractivity contribution in [3.63, 3.8) is 0 Å². The number of aryl methyl sites for hydroxylation is 1. The fraction of sp³-hybridized carbons (Fsp3) is 0.462. The SMILES string of the molecule is Cc1cc(Br)ccc1CNC(=O)OC(C)(C)C. The van der Waals surface area contributed by atoms with Crippen molar-refractivity contribution in [1.82, 2.24) is 5.32 Å². The van der Waals surface area contributed by atoms with Crippen LogP contribution in [0.5, 0.6) is 0 Å². The van der Waals surface area contributed by atoms with Crippen molar-refractivity contribution in [2.24, 2.45) is 0 Å². The highest BCUT2D eigenvalue weighted by Crippen LogP contribution is 2.15. The molecular weight excluding hydrogens is 282 g/mol. The van der Waals surface area contributed by atoms with E-state index in [9.17, 15) is 4.79 Å². The van der Waals surface area contributed by atoms with Gasteiger partial charge in [-0.05, 0) is 51.0 Å². The first-order valence-electron chi connectivity index (χ1n) is 5.50. The summed E-state index contributed by atoms with van der Waals surface area (Å²) < 4.78 is 6.20. The van der Waals surface area contributed by atoms with Crippen LogP contribution in [0.2, 0.25) is 0 Å². The van der Waals surface area contributed by atoms with Crippen LogP contribution >= 0.6 is 15.9 Å². The van der Waals surface area contributed by atoms with Gasteiger partial charge in [-0.25, -0.2) is 4.79 Å². The summed E-state index contributed by atoms with van der Waals surface area (Å²) in [6.45, 7) is 8.03. The van der Waals surface area contributed by atoms with Gasteiger partial charge in [-0.2, -0.15) is 0 Å². The minimum Gasteiger partial charge on any atom is -0.444 e. The fourth-order valence-electron chi connectivity index (χ4n) is 1.34. The second-order valence-corrected chi connectivity index (χ2v) is 5.84. The number of hydrogen-bond donors (Lipinski definition) is 1. The molecule has 0 aliphatic carbocycles. The zero-order valence-corrected chi connectivity index (χ0v) is 12.2. The first-order chi connectivity index (χ1) is 7.78. The van der Waals surface area contributed by atoms with E-state index in [0.717, 1.165) is 15.6 Å². The van der Waals surface area contributed by atoms with Crippen molar-refractivity contribution < 1.29 is 9.53 Å². The molecule has 0 aliphatic rings. The van der Waals surface area contributed by atoms with Crippen molar-refractivity contribution in [1.29, 1.82) is 0 Å². The van der Waals surface area contributed by atoms with E-state index in [2.05, 4.69) is 21.2 Å². The Morgan fingerprint density at radius 2 is 2.06 bits per heavy atom. The third-order valence-electron chi connectivity index (χ3n) is 2.13. The summed E-state index contributed by atoms with van der Waals surface area (Å²) in [4.78, 5) is 11.5. The maximum absolute atomic E-state index is 11.5. The van der Waals surface area contributed by atoms with Gasteiger partial charge in [0, 0.05) is 11.0 Å². The normalized spacial score (nSPS) is 11.1. The van der Waals surface area contributed by atoms with Gasteiger partial charge >= 0.3 is 6.09 Å². The molecular formula is C13H18BrNO2. The number of alkyl carbamates (subject to hydrolysis) is 1. The molecule has 0 radical (unpaired) electrons. The molecule has 0 saturated carbocycles. The summed E-state index contributed by atoms with van der Waals surface area (Å²) in [5.74, 6) is 0. The van der Waals surface area contributed by atoms with Gasteiger partial charge < -0.3 is 10.1 Å². The molecule has 0 fully saturated rings. The number of amides is 1. The number of carbonyl (C=O) groups excluding carboxylic acids is 1. The Bertz CT molecular complexity index is 410. The van der Waals surface area contributed by atoms with Gasteiger partial charge in [-0.1, -0.05) is 22.0 Å². The summed E-state index contributed by atoms with van der Waals surface area (Å²) in [7, 11) is 0. The summed E-state index contributed by atoms with van der Waals surface area (Å²) in [6.07, 6.45) is -0.389.